The number of hydrogen-bond donors (Lipinski definition) is 1. The van der Waals surface area contributed by atoms with Gasteiger partial charge in [-0.25, -0.2) is 4.79 Å². The molecule has 0 aromatic rings. The summed E-state index contributed by atoms with van der Waals surface area (Å²) in [6.45, 7) is 19.5. The number of alkyl carbamates (subject to hydrolysis) is 1. The van der Waals surface area contributed by atoms with Crippen molar-refractivity contribution in [2.24, 2.45) is 16.7 Å². The largest absolute Gasteiger partial charge is 0.444 e. The average Bonchev–Trinajstić information content (AvgIpc) is 2.99. The van der Waals surface area contributed by atoms with E-state index >= 15 is 0 Å². The first-order chi connectivity index (χ1) is 9.79. The molecule has 1 N–H and O–H groups in total. The Hall–Kier alpha value is -0.990. The van der Waals surface area contributed by atoms with Crippen LogP contribution < -0.4 is 5.32 Å². The van der Waals surface area contributed by atoms with Crippen molar-refractivity contribution < 1.29 is 9.53 Å². The van der Waals surface area contributed by atoms with Crippen molar-refractivity contribution in [2.75, 3.05) is 0 Å². The molecule has 0 aromatic heterocycles. The third-order valence-electron chi connectivity index (χ3n) is 5.43. The maximum atomic E-state index is 12.2. The molecule has 2 saturated carbocycles. The Labute approximate surface area is 135 Å². The number of carbonyl (C=O) groups excluding carboxylic acids is 1. The highest BCUT2D eigenvalue weighted by molar-refractivity contribution is 5.70. The number of carbonyl (C=O) groups is 1. The predicted octanol–water partition coefficient (Wildman–Crippen LogP) is 5.06. The van der Waals surface area contributed by atoms with Crippen LogP contribution in [0.2, 0.25) is 0 Å². The Morgan fingerprint density at radius 3 is 1.86 bits per heavy atom. The maximum absolute atomic E-state index is 12.2. The molecule has 0 spiro atoms. The van der Waals surface area contributed by atoms with Crippen molar-refractivity contribution in [3.05, 3.63) is 12.2 Å². The first-order valence-electron chi connectivity index (χ1n) is 8.50. The lowest BCUT2D eigenvalue weighted by Crippen LogP contribution is -2.45. The molecular weight excluding hydrogens is 274 g/mol. The summed E-state index contributed by atoms with van der Waals surface area (Å²) >= 11 is 0. The van der Waals surface area contributed by atoms with Gasteiger partial charge in [-0.05, 0) is 68.8 Å². The van der Waals surface area contributed by atoms with Crippen LogP contribution in [0.15, 0.2) is 12.2 Å². The molecule has 0 aromatic carbocycles. The Bertz CT molecular complexity index is 462. The summed E-state index contributed by atoms with van der Waals surface area (Å²) in [7, 11) is 0. The fourth-order valence-electron chi connectivity index (χ4n) is 4.36. The lowest BCUT2D eigenvalue weighted by molar-refractivity contribution is 0.0495. The minimum atomic E-state index is -0.465. The third-order valence-corrected chi connectivity index (χ3v) is 5.43. The first-order valence-corrected chi connectivity index (χ1v) is 8.50. The van der Waals surface area contributed by atoms with Crippen molar-refractivity contribution in [3.8, 4) is 0 Å². The van der Waals surface area contributed by atoms with Gasteiger partial charge in [0, 0.05) is 0 Å². The van der Waals surface area contributed by atoms with Crippen molar-refractivity contribution >= 4 is 6.09 Å². The zero-order valence-electron chi connectivity index (χ0n) is 15.4. The summed E-state index contributed by atoms with van der Waals surface area (Å²) in [5.41, 5.74) is 0.975. The molecular formula is C19H33NO2. The number of nitrogens with one attached hydrogen (secondary N) is 1. The molecule has 2 aliphatic carbocycles. The van der Waals surface area contributed by atoms with Crippen LogP contribution in [0.25, 0.3) is 0 Å². The van der Waals surface area contributed by atoms with Crippen molar-refractivity contribution in [2.45, 2.75) is 85.3 Å². The third kappa shape index (κ3) is 3.33. The van der Waals surface area contributed by atoms with Crippen LogP contribution in [0.4, 0.5) is 4.79 Å². The van der Waals surface area contributed by atoms with E-state index in [9.17, 15) is 4.79 Å². The summed E-state index contributed by atoms with van der Waals surface area (Å²) in [5, 5.41) is 3.12. The smallest absolute Gasteiger partial charge is 0.408 e. The fraction of sp³-hybridized carbons (Fsp3) is 0.842. The van der Waals surface area contributed by atoms with E-state index in [4.69, 9.17) is 4.74 Å². The molecule has 2 aliphatic rings. The molecule has 3 nitrogen and oxygen atoms in total. The molecule has 0 aliphatic heterocycles. The van der Waals surface area contributed by atoms with Crippen LogP contribution in [0, 0.1) is 16.7 Å². The highest BCUT2D eigenvalue weighted by Crippen LogP contribution is 2.61. The molecule has 22 heavy (non-hydrogen) atoms. The van der Waals surface area contributed by atoms with E-state index in [0.717, 1.165) is 12.8 Å². The van der Waals surface area contributed by atoms with E-state index in [0.29, 0.717) is 5.92 Å². The van der Waals surface area contributed by atoms with Crippen LogP contribution >= 0.6 is 0 Å². The molecule has 3 heteroatoms. The van der Waals surface area contributed by atoms with Crippen LogP contribution in [0.1, 0.15) is 74.1 Å². The molecule has 0 heterocycles. The molecule has 0 saturated heterocycles. The number of amides is 1. The Morgan fingerprint density at radius 2 is 1.50 bits per heavy atom. The quantitative estimate of drug-likeness (QED) is 0.740. The lowest BCUT2D eigenvalue weighted by atomic mass is 9.66. The number of hydrogen-bond acceptors (Lipinski definition) is 2. The number of rotatable bonds is 3. The molecule has 0 radical (unpaired) electrons. The molecule has 1 amide bonds. The fourth-order valence-corrected chi connectivity index (χ4v) is 4.36. The molecule has 0 atom stereocenters. The summed E-state index contributed by atoms with van der Waals surface area (Å²) < 4.78 is 5.44. The standard InChI is InChI=1S/C19H33NO2/c1-13(14-17(5,6)9-10-18(14,7)8)19(11-12-19)20-15(21)22-16(2,3)4/h14H,1,9-12H2,2-8H3,(H,20,21). The van der Waals surface area contributed by atoms with E-state index in [1.165, 1.54) is 18.4 Å². The van der Waals surface area contributed by atoms with Gasteiger partial charge in [0.15, 0.2) is 0 Å². The van der Waals surface area contributed by atoms with E-state index in [-0.39, 0.29) is 22.5 Å². The normalized spacial score (nSPS) is 25.6. The molecule has 0 bridgehead atoms. The zero-order chi connectivity index (χ0) is 17.0. The van der Waals surface area contributed by atoms with Crippen LogP contribution in [-0.2, 0) is 4.74 Å². The average molecular weight is 307 g/mol. The van der Waals surface area contributed by atoms with Crippen LogP contribution in [-0.4, -0.2) is 17.2 Å². The second-order valence-electron chi connectivity index (χ2n) is 9.64. The summed E-state index contributed by atoms with van der Waals surface area (Å²) in [4.78, 5) is 12.2. The van der Waals surface area contributed by atoms with Gasteiger partial charge >= 0.3 is 6.09 Å². The summed E-state index contributed by atoms with van der Waals surface area (Å²) in [5.74, 6) is 0.428. The maximum Gasteiger partial charge on any atom is 0.408 e. The second kappa shape index (κ2) is 5.01. The van der Waals surface area contributed by atoms with Crippen LogP contribution in [0.5, 0.6) is 0 Å². The summed E-state index contributed by atoms with van der Waals surface area (Å²) in [6, 6.07) is 0. The second-order valence-corrected chi connectivity index (χ2v) is 9.64. The Morgan fingerprint density at radius 1 is 1.05 bits per heavy atom. The molecule has 0 unspecified atom stereocenters. The molecule has 2 fully saturated rings. The number of ether oxygens (including phenoxy) is 1. The Balaban J connectivity index is 2.13. The predicted molar refractivity (Wildman–Crippen MR) is 90.8 cm³/mol. The van der Waals surface area contributed by atoms with E-state index < -0.39 is 5.60 Å². The molecule has 2 rings (SSSR count). The zero-order valence-corrected chi connectivity index (χ0v) is 15.4. The van der Waals surface area contributed by atoms with Gasteiger partial charge in [-0.2, -0.15) is 0 Å². The van der Waals surface area contributed by atoms with Gasteiger partial charge in [0.05, 0.1) is 5.54 Å². The Kier molecular flexibility index (Phi) is 3.95. The highest BCUT2D eigenvalue weighted by Gasteiger charge is 2.57. The minimum Gasteiger partial charge on any atom is -0.444 e. The van der Waals surface area contributed by atoms with Crippen molar-refractivity contribution in [1.82, 2.24) is 5.32 Å². The van der Waals surface area contributed by atoms with Gasteiger partial charge in [-0.1, -0.05) is 34.3 Å². The van der Waals surface area contributed by atoms with E-state index in [1.807, 2.05) is 20.8 Å². The highest BCUT2D eigenvalue weighted by atomic mass is 16.6. The molecule has 126 valence electrons. The van der Waals surface area contributed by atoms with Gasteiger partial charge in [0.2, 0.25) is 0 Å². The van der Waals surface area contributed by atoms with E-state index in [2.05, 4.69) is 39.6 Å². The first kappa shape index (κ1) is 17.4. The SMILES string of the molecule is C=C(C1C(C)(C)CCC1(C)C)C1(NC(=O)OC(C)(C)C)CC1. The van der Waals surface area contributed by atoms with Gasteiger partial charge in [0.25, 0.3) is 0 Å². The van der Waals surface area contributed by atoms with Gasteiger partial charge in [0.1, 0.15) is 5.60 Å². The monoisotopic (exact) mass is 307 g/mol. The minimum absolute atomic E-state index is 0.242. The topological polar surface area (TPSA) is 38.3 Å². The van der Waals surface area contributed by atoms with Gasteiger partial charge < -0.3 is 10.1 Å². The van der Waals surface area contributed by atoms with Crippen LogP contribution in [0.3, 0.4) is 0 Å². The van der Waals surface area contributed by atoms with Crippen molar-refractivity contribution in [1.29, 1.82) is 0 Å². The van der Waals surface area contributed by atoms with E-state index in [1.54, 1.807) is 0 Å². The van der Waals surface area contributed by atoms with Gasteiger partial charge in [-0.15, -0.1) is 0 Å². The lowest BCUT2D eigenvalue weighted by Gasteiger charge is -2.40. The van der Waals surface area contributed by atoms with Gasteiger partial charge in [-0.3, -0.25) is 0 Å². The van der Waals surface area contributed by atoms with Crippen molar-refractivity contribution in [3.63, 3.8) is 0 Å². The summed E-state index contributed by atoms with van der Waals surface area (Å²) in [6.07, 6.45) is 4.07.